The first-order valence-corrected chi connectivity index (χ1v) is 7.70. The van der Waals surface area contributed by atoms with Crippen LogP contribution in [0.1, 0.15) is 18.7 Å². The van der Waals surface area contributed by atoms with Gasteiger partial charge in [0, 0.05) is 13.2 Å². The van der Waals surface area contributed by atoms with E-state index in [9.17, 15) is 4.79 Å². The molecule has 0 aliphatic carbocycles. The van der Waals surface area contributed by atoms with Gasteiger partial charge in [-0.3, -0.25) is 4.98 Å². The van der Waals surface area contributed by atoms with Gasteiger partial charge in [-0.15, -0.1) is 0 Å². The van der Waals surface area contributed by atoms with E-state index in [0.717, 1.165) is 11.4 Å². The third-order valence-corrected chi connectivity index (χ3v) is 3.87. The number of nitrogens with one attached hydrogen (secondary N) is 1. The maximum absolute atomic E-state index is 12.4. The van der Waals surface area contributed by atoms with E-state index in [4.69, 9.17) is 0 Å². The number of benzene rings is 1. The molecule has 0 bridgehead atoms. The summed E-state index contributed by atoms with van der Waals surface area (Å²) >= 11 is 0. The van der Waals surface area contributed by atoms with E-state index in [1.54, 1.807) is 35.2 Å². The lowest BCUT2D eigenvalue weighted by molar-refractivity contribution is 0.207. The Bertz CT molecular complexity index is 801. The van der Waals surface area contributed by atoms with Gasteiger partial charge in [-0.05, 0) is 31.2 Å². The third-order valence-electron chi connectivity index (χ3n) is 3.87. The molecule has 0 saturated heterocycles. The Morgan fingerprint density at radius 3 is 2.62 bits per heavy atom. The van der Waals surface area contributed by atoms with Crippen molar-refractivity contribution in [1.82, 2.24) is 19.7 Å². The van der Waals surface area contributed by atoms with Crippen LogP contribution in [-0.2, 0) is 0 Å². The molecule has 0 saturated carbocycles. The van der Waals surface area contributed by atoms with Crippen LogP contribution in [0.15, 0.2) is 67.1 Å². The van der Waals surface area contributed by atoms with Crippen LogP contribution in [-0.4, -0.2) is 32.7 Å². The highest BCUT2D eigenvalue weighted by Gasteiger charge is 2.18. The number of para-hydroxylation sites is 1. The summed E-state index contributed by atoms with van der Waals surface area (Å²) in [5, 5.41) is 7.13. The van der Waals surface area contributed by atoms with Gasteiger partial charge in [-0.1, -0.05) is 24.3 Å². The van der Waals surface area contributed by atoms with Crippen molar-refractivity contribution in [3.8, 4) is 5.69 Å². The molecule has 0 spiro atoms. The highest BCUT2D eigenvalue weighted by molar-refractivity contribution is 5.89. The Balaban J connectivity index is 1.68. The maximum Gasteiger partial charge on any atom is 0.322 e. The van der Waals surface area contributed by atoms with Crippen molar-refractivity contribution >= 4 is 11.7 Å². The number of pyridine rings is 1. The van der Waals surface area contributed by atoms with Crippen LogP contribution in [0.25, 0.3) is 5.69 Å². The summed E-state index contributed by atoms with van der Waals surface area (Å²) in [6, 6.07) is 15.1. The predicted molar refractivity (Wildman–Crippen MR) is 93.0 cm³/mol. The number of hydrogen-bond donors (Lipinski definition) is 1. The van der Waals surface area contributed by atoms with Crippen molar-refractivity contribution < 1.29 is 4.79 Å². The van der Waals surface area contributed by atoms with E-state index in [0.29, 0.717) is 5.69 Å². The summed E-state index contributed by atoms with van der Waals surface area (Å²) in [6.07, 6.45) is 5.14. The normalized spacial score (nSPS) is 11.8. The Hall–Kier alpha value is -3.15. The average Bonchev–Trinajstić information content (AvgIpc) is 3.10. The molecule has 1 N–H and O–H groups in total. The van der Waals surface area contributed by atoms with Crippen LogP contribution in [0, 0.1) is 0 Å². The molecule has 0 aliphatic rings. The number of hydrogen-bond acceptors (Lipinski definition) is 3. The molecule has 2 aromatic heterocycles. The second-order valence-corrected chi connectivity index (χ2v) is 5.48. The number of carbonyl (C=O) groups is 1. The zero-order valence-corrected chi connectivity index (χ0v) is 13.6. The summed E-state index contributed by atoms with van der Waals surface area (Å²) in [6.45, 7) is 1.94. The van der Waals surface area contributed by atoms with Gasteiger partial charge in [0.15, 0.2) is 0 Å². The lowest BCUT2D eigenvalue weighted by Crippen LogP contribution is -2.33. The molecule has 1 aromatic carbocycles. The summed E-state index contributed by atoms with van der Waals surface area (Å²) in [4.78, 5) is 18.3. The lowest BCUT2D eigenvalue weighted by Gasteiger charge is -2.24. The first-order valence-electron chi connectivity index (χ1n) is 7.70. The molecule has 1 atom stereocenters. The van der Waals surface area contributed by atoms with Crippen LogP contribution in [0.3, 0.4) is 0 Å². The van der Waals surface area contributed by atoms with Crippen LogP contribution in [0.2, 0.25) is 0 Å². The maximum atomic E-state index is 12.4. The Morgan fingerprint density at radius 2 is 1.92 bits per heavy atom. The van der Waals surface area contributed by atoms with Crippen LogP contribution in [0.4, 0.5) is 10.5 Å². The van der Waals surface area contributed by atoms with Crippen molar-refractivity contribution in [3.63, 3.8) is 0 Å². The van der Waals surface area contributed by atoms with Gasteiger partial charge in [-0.2, -0.15) is 5.10 Å². The van der Waals surface area contributed by atoms with Crippen molar-refractivity contribution in [2.24, 2.45) is 0 Å². The number of urea groups is 1. The van der Waals surface area contributed by atoms with Crippen molar-refractivity contribution in [1.29, 1.82) is 0 Å². The minimum absolute atomic E-state index is 0.129. The third kappa shape index (κ3) is 3.43. The molecule has 3 rings (SSSR count). The molecule has 3 aromatic rings. The van der Waals surface area contributed by atoms with Crippen molar-refractivity contribution in [3.05, 3.63) is 72.8 Å². The zero-order chi connectivity index (χ0) is 16.9. The highest BCUT2D eigenvalue weighted by Crippen LogP contribution is 2.18. The fraction of sp³-hybridized carbons (Fsp3) is 0.167. The molecule has 2 heterocycles. The Kier molecular flexibility index (Phi) is 4.56. The number of amides is 2. The molecule has 0 aliphatic heterocycles. The smallest absolute Gasteiger partial charge is 0.319 e. The monoisotopic (exact) mass is 321 g/mol. The van der Waals surface area contributed by atoms with Crippen molar-refractivity contribution in [2.75, 3.05) is 12.4 Å². The Labute approximate surface area is 140 Å². The SMILES string of the molecule is CC(c1ccccn1)N(C)C(=O)Nc1cnn(-c2ccccc2)c1. The molecule has 2 amide bonds. The van der Waals surface area contributed by atoms with Gasteiger partial charge in [-0.25, -0.2) is 9.48 Å². The minimum Gasteiger partial charge on any atom is -0.319 e. The summed E-state index contributed by atoms with van der Waals surface area (Å²) in [5.74, 6) is 0. The first-order chi connectivity index (χ1) is 11.6. The van der Waals surface area contributed by atoms with Gasteiger partial charge < -0.3 is 10.2 Å². The Morgan fingerprint density at radius 1 is 1.17 bits per heavy atom. The number of anilines is 1. The van der Waals surface area contributed by atoms with Gasteiger partial charge in [0.25, 0.3) is 0 Å². The predicted octanol–water partition coefficient (Wildman–Crippen LogP) is 3.49. The molecule has 1 unspecified atom stereocenters. The summed E-state index contributed by atoms with van der Waals surface area (Å²) < 4.78 is 1.72. The molecule has 24 heavy (non-hydrogen) atoms. The lowest BCUT2D eigenvalue weighted by atomic mass is 10.2. The van der Waals surface area contributed by atoms with E-state index in [-0.39, 0.29) is 12.1 Å². The van der Waals surface area contributed by atoms with E-state index < -0.39 is 0 Å². The van der Waals surface area contributed by atoms with E-state index >= 15 is 0 Å². The van der Waals surface area contributed by atoms with Gasteiger partial charge in [0.05, 0.1) is 35.5 Å². The second kappa shape index (κ2) is 6.95. The second-order valence-electron chi connectivity index (χ2n) is 5.48. The number of aromatic nitrogens is 3. The molecule has 0 fully saturated rings. The minimum atomic E-state index is -0.208. The van der Waals surface area contributed by atoms with Crippen LogP contribution in [0.5, 0.6) is 0 Å². The highest BCUT2D eigenvalue weighted by atomic mass is 16.2. The molecule has 122 valence electrons. The van der Waals surface area contributed by atoms with Gasteiger partial charge in [0.2, 0.25) is 0 Å². The average molecular weight is 321 g/mol. The van der Waals surface area contributed by atoms with Gasteiger partial charge >= 0.3 is 6.03 Å². The molecular weight excluding hydrogens is 302 g/mol. The molecule has 6 heteroatoms. The van der Waals surface area contributed by atoms with E-state index in [1.165, 1.54) is 0 Å². The molecule has 6 nitrogen and oxygen atoms in total. The fourth-order valence-electron chi connectivity index (χ4n) is 2.32. The summed E-state index contributed by atoms with van der Waals surface area (Å²) in [7, 11) is 1.75. The standard InChI is InChI=1S/C18H19N5O/c1-14(17-10-6-7-11-19-17)22(2)18(24)21-15-12-20-23(13-15)16-8-4-3-5-9-16/h3-14H,1-2H3,(H,21,24). The zero-order valence-electron chi connectivity index (χ0n) is 13.6. The topological polar surface area (TPSA) is 63.1 Å². The van der Waals surface area contributed by atoms with Gasteiger partial charge in [0.1, 0.15) is 0 Å². The number of nitrogens with zero attached hydrogens (tertiary/aromatic N) is 4. The fourth-order valence-corrected chi connectivity index (χ4v) is 2.32. The van der Waals surface area contributed by atoms with Crippen molar-refractivity contribution in [2.45, 2.75) is 13.0 Å². The largest absolute Gasteiger partial charge is 0.322 e. The van der Waals surface area contributed by atoms with E-state index in [2.05, 4.69) is 15.4 Å². The summed E-state index contributed by atoms with van der Waals surface area (Å²) in [5.41, 5.74) is 2.42. The van der Waals surface area contributed by atoms with Crippen LogP contribution < -0.4 is 5.32 Å². The quantitative estimate of drug-likeness (QED) is 0.800. The number of rotatable bonds is 4. The molecular formula is C18H19N5O. The molecule has 0 radical (unpaired) electrons. The number of carbonyl (C=O) groups excluding carboxylic acids is 1. The van der Waals surface area contributed by atoms with E-state index in [1.807, 2.05) is 55.5 Å². The first kappa shape index (κ1) is 15.7. The van der Waals surface area contributed by atoms with Crippen LogP contribution >= 0.6 is 0 Å².